The van der Waals surface area contributed by atoms with Gasteiger partial charge < -0.3 is 10.3 Å². The zero-order valence-corrected chi connectivity index (χ0v) is 12.6. The number of halogens is 2. The molecule has 2 aromatic rings. The molecule has 1 saturated carbocycles. The molecule has 0 amide bonds. The summed E-state index contributed by atoms with van der Waals surface area (Å²) in [4.78, 5) is 4.44. The first-order valence-corrected chi connectivity index (χ1v) is 6.90. The van der Waals surface area contributed by atoms with Crippen molar-refractivity contribution in [3.05, 3.63) is 46.6 Å². The van der Waals surface area contributed by atoms with E-state index in [1.54, 1.807) is 0 Å². The third-order valence-electron chi connectivity index (χ3n) is 3.70. The number of hydrogen-bond donors (Lipinski definition) is 1. The summed E-state index contributed by atoms with van der Waals surface area (Å²) in [5.74, 6) is 1.20. The molecule has 20 heavy (non-hydrogen) atoms. The minimum atomic E-state index is -0.425. The molecule has 0 atom stereocenters. The third-order valence-corrected chi connectivity index (χ3v) is 4.06. The summed E-state index contributed by atoms with van der Waals surface area (Å²) in [6.45, 7) is 0. The third kappa shape index (κ3) is 2.97. The molecule has 1 fully saturated rings. The fourth-order valence-corrected chi connectivity index (χ4v) is 2.76. The standard InChI is InChI=1S/C14H16ClN3O.ClH/c15-11-6-2-1-5-10(11)9-12-17-13(19-18-12)14(16)7-3-4-8-14;/h1-2,5-6H,3-4,7-9,16H2;1H. The molecule has 1 aromatic heterocycles. The molecule has 0 saturated heterocycles. The Morgan fingerprint density at radius 1 is 1.25 bits per heavy atom. The zero-order valence-electron chi connectivity index (χ0n) is 11.0. The van der Waals surface area contributed by atoms with Gasteiger partial charge in [-0.2, -0.15) is 4.98 Å². The molecule has 1 aliphatic rings. The van der Waals surface area contributed by atoms with Crippen LogP contribution in [0, 0.1) is 0 Å². The van der Waals surface area contributed by atoms with E-state index < -0.39 is 5.54 Å². The van der Waals surface area contributed by atoms with Gasteiger partial charge in [0, 0.05) is 11.4 Å². The van der Waals surface area contributed by atoms with E-state index in [1.165, 1.54) is 0 Å². The summed E-state index contributed by atoms with van der Waals surface area (Å²) in [5.41, 5.74) is 6.86. The van der Waals surface area contributed by atoms with Crippen LogP contribution in [0.5, 0.6) is 0 Å². The fourth-order valence-electron chi connectivity index (χ4n) is 2.56. The lowest BCUT2D eigenvalue weighted by atomic mass is 9.99. The second-order valence-corrected chi connectivity index (χ2v) is 5.55. The quantitative estimate of drug-likeness (QED) is 0.942. The van der Waals surface area contributed by atoms with E-state index in [0.717, 1.165) is 36.3 Å². The molecule has 0 unspecified atom stereocenters. The molecule has 1 aromatic carbocycles. The molecule has 3 rings (SSSR count). The van der Waals surface area contributed by atoms with Crippen LogP contribution in [0.4, 0.5) is 0 Å². The number of nitrogens with zero attached hydrogens (tertiary/aromatic N) is 2. The Hall–Kier alpha value is -1.10. The van der Waals surface area contributed by atoms with E-state index in [0.29, 0.717) is 18.1 Å². The highest BCUT2D eigenvalue weighted by molar-refractivity contribution is 6.31. The van der Waals surface area contributed by atoms with Crippen LogP contribution in [0.15, 0.2) is 28.8 Å². The van der Waals surface area contributed by atoms with Crippen LogP contribution in [0.1, 0.15) is 43.0 Å². The van der Waals surface area contributed by atoms with E-state index in [4.69, 9.17) is 21.9 Å². The van der Waals surface area contributed by atoms with Crippen LogP contribution < -0.4 is 5.73 Å². The van der Waals surface area contributed by atoms with Gasteiger partial charge in [0.15, 0.2) is 5.82 Å². The number of nitrogens with two attached hydrogens (primary N) is 1. The maximum atomic E-state index is 6.29. The summed E-state index contributed by atoms with van der Waals surface area (Å²) < 4.78 is 5.33. The topological polar surface area (TPSA) is 64.9 Å². The number of rotatable bonds is 3. The van der Waals surface area contributed by atoms with Crippen molar-refractivity contribution in [1.29, 1.82) is 0 Å². The normalized spacial score (nSPS) is 16.9. The lowest BCUT2D eigenvalue weighted by molar-refractivity contribution is 0.284. The molecule has 108 valence electrons. The minimum Gasteiger partial charge on any atom is -0.337 e. The first kappa shape index (κ1) is 15.3. The Morgan fingerprint density at radius 3 is 2.65 bits per heavy atom. The minimum absolute atomic E-state index is 0. The second-order valence-electron chi connectivity index (χ2n) is 5.15. The van der Waals surface area contributed by atoms with Crippen molar-refractivity contribution >= 4 is 24.0 Å². The van der Waals surface area contributed by atoms with Gasteiger partial charge in [0.25, 0.3) is 0 Å². The molecule has 2 N–H and O–H groups in total. The average molecular weight is 314 g/mol. The highest BCUT2D eigenvalue weighted by Crippen LogP contribution is 2.35. The molecule has 1 heterocycles. The molecular weight excluding hydrogens is 297 g/mol. The SMILES string of the molecule is Cl.NC1(c2nc(Cc3ccccc3Cl)no2)CCCC1. The summed E-state index contributed by atoms with van der Waals surface area (Å²) in [6.07, 6.45) is 4.65. The number of benzene rings is 1. The van der Waals surface area contributed by atoms with E-state index in [9.17, 15) is 0 Å². The van der Waals surface area contributed by atoms with Crippen molar-refractivity contribution in [3.63, 3.8) is 0 Å². The van der Waals surface area contributed by atoms with E-state index >= 15 is 0 Å². The molecule has 1 aliphatic carbocycles. The van der Waals surface area contributed by atoms with Crippen LogP contribution in [0.2, 0.25) is 5.02 Å². The van der Waals surface area contributed by atoms with E-state index in [-0.39, 0.29) is 12.4 Å². The average Bonchev–Trinajstić information content (AvgIpc) is 3.02. The van der Waals surface area contributed by atoms with Crippen LogP contribution in [0.25, 0.3) is 0 Å². The Morgan fingerprint density at radius 2 is 1.95 bits per heavy atom. The van der Waals surface area contributed by atoms with Gasteiger partial charge in [-0.25, -0.2) is 0 Å². The Bertz CT molecular complexity index is 579. The zero-order chi connectivity index (χ0) is 13.3. The molecule has 0 radical (unpaired) electrons. The number of aromatic nitrogens is 2. The summed E-state index contributed by atoms with van der Waals surface area (Å²) >= 11 is 6.12. The summed E-state index contributed by atoms with van der Waals surface area (Å²) in [7, 11) is 0. The van der Waals surface area contributed by atoms with Crippen molar-refractivity contribution in [2.45, 2.75) is 37.6 Å². The second kappa shape index (κ2) is 6.12. The Labute approximate surface area is 129 Å². The van der Waals surface area contributed by atoms with E-state index in [2.05, 4.69) is 10.1 Å². The predicted octanol–water partition coefficient (Wildman–Crippen LogP) is 3.46. The van der Waals surface area contributed by atoms with Gasteiger partial charge in [0.2, 0.25) is 5.89 Å². The van der Waals surface area contributed by atoms with Crippen molar-refractivity contribution < 1.29 is 4.52 Å². The Kier molecular flexibility index (Phi) is 4.68. The van der Waals surface area contributed by atoms with Crippen LogP contribution in [-0.2, 0) is 12.0 Å². The van der Waals surface area contributed by atoms with Gasteiger partial charge in [-0.05, 0) is 24.5 Å². The van der Waals surface area contributed by atoms with Gasteiger partial charge in [-0.1, -0.05) is 47.8 Å². The summed E-state index contributed by atoms with van der Waals surface area (Å²) in [6, 6.07) is 7.68. The van der Waals surface area contributed by atoms with Gasteiger partial charge in [0.05, 0.1) is 5.54 Å². The molecule has 6 heteroatoms. The van der Waals surface area contributed by atoms with Crippen LogP contribution in [0.3, 0.4) is 0 Å². The van der Waals surface area contributed by atoms with Crippen LogP contribution >= 0.6 is 24.0 Å². The van der Waals surface area contributed by atoms with Gasteiger partial charge in [-0.15, -0.1) is 12.4 Å². The lowest BCUT2D eigenvalue weighted by Gasteiger charge is -2.17. The van der Waals surface area contributed by atoms with Crippen molar-refractivity contribution in [2.24, 2.45) is 5.73 Å². The monoisotopic (exact) mass is 313 g/mol. The predicted molar refractivity (Wildman–Crippen MR) is 80.1 cm³/mol. The molecule has 0 aliphatic heterocycles. The lowest BCUT2D eigenvalue weighted by Crippen LogP contribution is -2.33. The maximum absolute atomic E-state index is 6.29. The van der Waals surface area contributed by atoms with Crippen molar-refractivity contribution in [2.75, 3.05) is 0 Å². The van der Waals surface area contributed by atoms with Crippen molar-refractivity contribution in [3.8, 4) is 0 Å². The highest BCUT2D eigenvalue weighted by atomic mass is 35.5. The van der Waals surface area contributed by atoms with E-state index in [1.807, 2.05) is 24.3 Å². The maximum Gasteiger partial charge on any atom is 0.246 e. The largest absolute Gasteiger partial charge is 0.337 e. The smallest absolute Gasteiger partial charge is 0.246 e. The van der Waals surface area contributed by atoms with Crippen LogP contribution in [-0.4, -0.2) is 10.1 Å². The fraction of sp³-hybridized carbons (Fsp3) is 0.429. The first-order chi connectivity index (χ1) is 9.17. The first-order valence-electron chi connectivity index (χ1n) is 6.53. The van der Waals surface area contributed by atoms with Crippen molar-refractivity contribution in [1.82, 2.24) is 10.1 Å². The highest BCUT2D eigenvalue weighted by Gasteiger charge is 2.36. The molecular formula is C14H17Cl2N3O. The Balaban J connectivity index is 0.00000147. The number of hydrogen-bond acceptors (Lipinski definition) is 4. The summed E-state index contributed by atoms with van der Waals surface area (Å²) in [5, 5.41) is 4.74. The molecule has 0 bridgehead atoms. The van der Waals surface area contributed by atoms with Gasteiger partial charge in [-0.3, -0.25) is 0 Å². The van der Waals surface area contributed by atoms with Gasteiger partial charge >= 0.3 is 0 Å². The molecule has 0 spiro atoms. The molecule has 4 nitrogen and oxygen atoms in total. The van der Waals surface area contributed by atoms with Gasteiger partial charge in [0.1, 0.15) is 0 Å².